The zero-order valence-electron chi connectivity index (χ0n) is 9.55. The molecule has 0 aromatic carbocycles. The van der Waals surface area contributed by atoms with Gasteiger partial charge in [-0.2, -0.15) is 0 Å². The van der Waals surface area contributed by atoms with Gasteiger partial charge in [-0.3, -0.25) is 10.1 Å². The molecule has 0 fully saturated rings. The van der Waals surface area contributed by atoms with Crippen LogP contribution in [0, 0.1) is 10.1 Å². The molecule has 1 rings (SSSR count). The fourth-order valence-electron chi connectivity index (χ4n) is 1.39. The Morgan fingerprint density at radius 2 is 2.41 bits per heavy atom. The molecule has 1 heterocycles. The largest absolute Gasteiger partial charge is 0.369 e. The number of aromatic nitrogens is 1. The molecule has 17 heavy (non-hydrogen) atoms. The number of rotatable bonds is 5. The van der Waals surface area contributed by atoms with Crippen LogP contribution in [0.4, 0.5) is 5.69 Å². The Balaban J connectivity index is 3.05. The summed E-state index contributed by atoms with van der Waals surface area (Å²) < 4.78 is 0. The molecule has 92 valence electrons. The summed E-state index contributed by atoms with van der Waals surface area (Å²) in [4.78, 5) is 15.7. The Morgan fingerprint density at radius 1 is 1.71 bits per heavy atom. The molecule has 1 aromatic rings. The van der Waals surface area contributed by atoms with Crippen molar-refractivity contribution >= 4 is 17.3 Å². The van der Waals surface area contributed by atoms with E-state index in [1.165, 1.54) is 0 Å². The van der Waals surface area contributed by atoms with Gasteiger partial charge in [0.05, 0.1) is 16.8 Å². The van der Waals surface area contributed by atoms with Crippen molar-refractivity contribution in [2.24, 2.45) is 0 Å². The molecule has 0 aliphatic heterocycles. The van der Waals surface area contributed by atoms with E-state index in [1.807, 2.05) is 6.92 Å². The Hall–Kier alpha value is -1.82. The van der Waals surface area contributed by atoms with E-state index in [4.69, 9.17) is 11.6 Å². The van der Waals surface area contributed by atoms with Gasteiger partial charge in [-0.05, 0) is 19.1 Å². The summed E-state index contributed by atoms with van der Waals surface area (Å²) in [6.45, 7) is 2.46. The Bertz CT molecular complexity index is 419. The van der Waals surface area contributed by atoms with Crippen molar-refractivity contribution in [2.75, 3.05) is 18.5 Å². The van der Waals surface area contributed by atoms with Gasteiger partial charge >= 0.3 is 0 Å². The van der Waals surface area contributed by atoms with Crippen LogP contribution in [0.1, 0.15) is 6.92 Å². The number of pyridine rings is 1. The van der Waals surface area contributed by atoms with Crippen LogP contribution in [0.2, 0.25) is 5.15 Å². The highest BCUT2D eigenvalue weighted by Gasteiger charge is 2.12. The molecule has 0 unspecified atom stereocenters. The van der Waals surface area contributed by atoms with Crippen LogP contribution >= 0.6 is 11.6 Å². The molecule has 6 nitrogen and oxygen atoms in total. The molecule has 0 radical (unpaired) electrons. The first-order chi connectivity index (χ1) is 8.08. The normalized spacial score (nSPS) is 11.1. The van der Waals surface area contributed by atoms with E-state index in [0.29, 0.717) is 17.5 Å². The van der Waals surface area contributed by atoms with Gasteiger partial charge in [0, 0.05) is 13.6 Å². The summed E-state index contributed by atoms with van der Waals surface area (Å²) in [6, 6.07) is 3.39. The summed E-state index contributed by atoms with van der Waals surface area (Å²) in [7, 11) is 1.63. The first-order valence-corrected chi connectivity index (χ1v) is 5.38. The fraction of sp³-hybridized carbons (Fsp3) is 0.300. The quantitative estimate of drug-likeness (QED) is 0.495. The van der Waals surface area contributed by atoms with E-state index in [0.717, 1.165) is 11.9 Å². The Morgan fingerprint density at radius 3 is 2.82 bits per heavy atom. The molecular weight excluding hydrogens is 244 g/mol. The zero-order valence-corrected chi connectivity index (χ0v) is 10.3. The van der Waals surface area contributed by atoms with Crippen LogP contribution in [0.25, 0.3) is 0 Å². The monoisotopic (exact) mass is 256 g/mol. The SMILES string of the molecule is CCN(/C(=C/[N+](=O)[O-])NC)c1ccc(Cl)nc1. The van der Waals surface area contributed by atoms with Gasteiger partial charge in [-0.1, -0.05) is 11.6 Å². The molecule has 0 bridgehead atoms. The molecule has 0 saturated carbocycles. The van der Waals surface area contributed by atoms with Crippen molar-refractivity contribution in [1.29, 1.82) is 0 Å². The minimum absolute atomic E-state index is 0.383. The van der Waals surface area contributed by atoms with Crippen molar-refractivity contribution < 1.29 is 4.92 Å². The van der Waals surface area contributed by atoms with E-state index in [2.05, 4.69) is 10.3 Å². The lowest BCUT2D eigenvalue weighted by Gasteiger charge is -2.23. The number of anilines is 1. The maximum Gasteiger partial charge on any atom is 0.274 e. The lowest BCUT2D eigenvalue weighted by molar-refractivity contribution is -0.403. The number of nitrogens with one attached hydrogen (secondary N) is 1. The number of nitrogens with zero attached hydrogens (tertiary/aromatic N) is 3. The van der Waals surface area contributed by atoms with E-state index in [-0.39, 0.29) is 0 Å². The van der Waals surface area contributed by atoms with E-state index >= 15 is 0 Å². The smallest absolute Gasteiger partial charge is 0.274 e. The predicted octanol–water partition coefficient (Wildman–Crippen LogP) is 1.86. The minimum Gasteiger partial charge on any atom is -0.369 e. The second kappa shape index (κ2) is 6.05. The molecule has 0 amide bonds. The third-order valence-corrected chi connectivity index (χ3v) is 2.34. The third-order valence-electron chi connectivity index (χ3n) is 2.11. The van der Waals surface area contributed by atoms with Crippen LogP contribution in [0.3, 0.4) is 0 Å². The maximum atomic E-state index is 10.5. The van der Waals surface area contributed by atoms with Crippen LogP contribution in [0.15, 0.2) is 30.4 Å². The number of hydrogen-bond acceptors (Lipinski definition) is 5. The van der Waals surface area contributed by atoms with Crippen molar-refractivity contribution in [3.63, 3.8) is 0 Å². The molecule has 0 aliphatic rings. The first-order valence-electron chi connectivity index (χ1n) is 5.00. The van der Waals surface area contributed by atoms with E-state index in [1.54, 1.807) is 30.3 Å². The van der Waals surface area contributed by atoms with Gasteiger partial charge in [-0.15, -0.1) is 0 Å². The van der Waals surface area contributed by atoms with Crippen molar-refractivity contribution in [3.05, 3.63) is 45.6 Å². The summed E-state index contributed by atoms with van der Waals surface area (Å²) in [5.74, 6) is 0.390. The number of halogens is 1. The molecule has 0 saturated heterocycles. The molecular formula is C10H13ClN4O2. The maximum absolute atomic E-state index is 10.5. The second-order valence-corrected chi connectivity index (χ2v) is 3.52. The van der Waals surface area contributed by atoms with Crippen LogP contribution in [-0.4, -0.2) is 23.5 Å². The molecule has 0 spiro atoms. The molecule has 1 N–H and O–H groups in total. The Kier molecular flexibility index (Phi) is 4.71. The Labute approximate surface area is 104 Å². The lowest BCUT2D eigenvalue weighted by Crippen LogP contribution is -2.30. The van der Waals surface area contributed by atoms with Gasteiger partial charge in [0.2, 0.25) is 0 Å². The molecule has 0 atom stereocenters. The first kappa shape index (κ1) is 13.2. The summed E-state index contributed by atoms with van der Waals surface area (Å²) in [5.41, 5.74) is 0.736. The number of hydrogen-bond donors (Lipinski definition) is 1. The number of nitro groups is 1. The second-order valence-electron chi connectivity index (χ2n) is 3.13. The van der Waals surface area contributed by atoms with Gasteiger partial charge in [0.25, 0.3) is 6.20 Å². The minimum atomic E-state index is -0.502. The fourth-order valence-corrected chi connectivity index (χ4v) is 1.50. The van der Waals surface area contributed by atoms with Gasteiger partial charge < -0.3 is 10.2 Å². The molecule has 0 aliphatic carbocycles. The van der Waals surface area contributed by atoms with E-state index in [9.17, 15) is 10.1 Å². The van der Waals surface area contributed by atoms with Crippen LogP contribution < -0.4 is 10.2 Å². The highest BCUT2D eigenvalue weighted by molar-refractivity contribution is 6.29. The summed E-state index contributed by atoms with van der Waals surface area (Å²) in [6.07, 6.45) is 2.48. The predicted molar refractivity (Wildman–Crippen MR) is 66.4 cm³/mol. The molecule has 1 aromatic heterocycles. The zero-order chi connectivity index (χ0) is 12.8. The summed E-state index contributed by atoms with van der Waals surface area (Å²) in [5, 5.41) is 13.7. The average molecular weight is 257 g/mol. The van der Waals surface area contributed by atoms with Crippen molar-refractivity contribution in [2.45, 2.75) is 6.92 Å². The van der Waals surface area contributed by atoms with Gasteiger partial charge in [0.15, 0.2) is 5.82 Å². The van der Waals surface area contributed by atoms with Gasteiger partial charge in [0.1, 0.15) is 5.15 Å². The average Bonchev–Trinajstić information content (AvgIpc) is 2.30. The van der Waals surface area contributed by atoms with E-state index < -0.39 is 4.92 Å². The summed E-state index contributed by atoms with van der Waals surface area (Å²) >= 11 is 5.69. The lowest BCUT2D eigenvalue weighted by atomic mass is 10.3. The highest BCUT2D eigenvalue weighted by Crippen LogP contribution is 2.18. The van der Waals surface area contributed by atoms with Crippen LogP contribution in [0.5, 0.6) is 0 Å². The highest BCUT2D eigenvalue weighted by atomic mass is 35.5. The van der Waals surface area contributed by atoms with Crippen molar-refractivity contribution in [3.8, 4) is 0 Å². The standard InChI is InChI=1S/C10H13ClN4O2/c1-3-14(10(12-2)7-15(16)17)8-4-5-9(11)13-6-8/h4-7,12H,3H2,1-2H3/b10-7+. The van der Waals surface area contributed by atoms with Crippen molar-refractivity contribution in [1.82, 2.24) is 10.3 Å². The topological polar surface area (TPSA) is 71.3 Å². The third kappa shape index (κ3) is 3.60. The molecule has 7 heteroatoms. The van der Waals surface area contributed by atoms with Gasteiger partial charge in [-0.25, -0.2) is 4.98 Å². The van der Waals surface area contributed by atoms with Crippen LogP contribution in [-0.2, 0) is 0 Å².